The van der Waals surface area contributed by atoms with E-state index in [1.165, 1.54) is 11.1 Å². The van der Waals surface area contributed by atoms with E-state index in [-0.39, 0.29) is 0 Å². The van der Waals surface area contributed by atoms with E-state index in [1.807, 2.05) is 30.5 Å². The van der Waals surface area contributed by atoms with Gasteiger partial charge in [-0.1, -0.05) is 60.2 Å². The summed E-state index contributed by atoms with van der Waals surface area (Å²) in [6.45, 7) is 0. The van der Waals surface area contributed by atoms with Crippen LogP contribution in [0.3, 0.4) is 0 Å². The smallest absolute Gasteiger partial charge is 0.0593 e. The third-order valence-electron chi connectivity index (χ3n) is 3.25. The largest absolute Gasteiger partial charge is 0.257 e. The Labute approximate surface area is 124 Å². The summed E-state index contributed by atoms with van der Waals surface area (Å²) in [5.41, 5.74) is 4.67. The quantitative estimate of drug-likeness (QED) is 0.674. The molecule has 1 aromatic carbocycles. The predicted octanol–water partition coefficient (Wildman–Crippen LogP) is 5.03. The fourth-order valence-corrected chi connectivity index (χ4v) is 2.26. The van der Waals surface area contributed by atoms with E-state index in [9.17, 15) is 0 Å². The van der Waals surface area contributed by atoms with Gasteiger partial charge in [0.15, 0.2) is 0 Å². The van der Waals surface area contributed by atoms with Crippen LogP contribution in [0.15, 0.2) is 88.6 Å². The van der Waals surface area contributed by atoms with Gasteiger partial charge in [-0.2, -0.15) is 0 Å². The summed E-state index contributed by atoms with van der Waals surface area (Å²) >= 11 is 5.86. The molecule has 0 aliphatic heterocycles. The highest BCUT2D eigenvalue weighted by Gasteiger charge is 2.04. The molecule has 0 saturated carbocycles. The zero-order valence-corrected chi connectivity index (χ0v) is 11.7. The molecule has 0 saturated heterocycles. The Kier molecular flexibility index (Phi) is 3.80. The predicted molar refractivity (Wildman–Crippen MR) is 86.2 cm³/mol. The normalized spacial score (nSPS) is 17.4. The van der Waals surface area contributed by atoms with Crippen LogP contribution in [0.5, 0.6) is 0 Å². The molecule has 2 aliphatic carbocycles. The summed E-state index contributed by atoms with van der Waals surface area (Å²) in [5.74, 6) is 0. The Morgan fingerprint density at radius 2 is 1.70 bits per heavy atom. The van der Waals surface area contributed by atoms with Crippen molar-refractivity contribution in [3.8, 4) is 0 Å². The summed E-state index contributed by atoms with van der Waals surface area (Å²) in [6.07, 6.45) is 17.5. The number of benzene rings is 1. The first-order valence-electron chi connectivity index (χ1n) is 6.57. The van der Waals surface area contributed by atoms with Gasteiger partial charge in [-0.05, 0) is 41.3 Å². The maximum Gasteiger partial charge on any atom is 0.0593 e. The molecule has 0 N–H and O–H groups in total. The van der Waals surface area contributed by atoms with Crippen LogP contribution in [-0.2, 0) is 0 Å². The average Bonchev–Trinajstić information content (AvgIpc) is 3.01. The van der Waals surface area contributed by atoms with E-state index >= 15 is 0 Å². The highest BCUT2D eigenvalue weighted by molar-refractivity contribution is 6.30. The van der Waals surface area contributed by atoms with Crippen LogP contribution in [0, 0.1) is 0 Å². The molecule has 3 rings (SSSR count). The van der Waals surface area contributed by atoms with Crippen LogP contribution < -0.4 is 0 Å². The van der Waals surface area contributed by atoms with Gasteiger partial charge in [0.05, 0.1) is 5.70 Å². The second kappa shape index (κ2) is 5.89. The Hall–Kier alpha value is -2.12. The van der Waals surface area contributed by atoms with Gasteiger partial charge in [0.1, 0.15) is 0 Å². The fraction of sp³-hybridized carbons (Fsp3) is 0.0556. The Morgan fingerprint density at radius 3 is 2.35 bits per heavy atom. The maximum atomic E-state index is 5.86. The van der Waals surface area contributed by atoms with E-state index in [1.54, 1.807) is 0 Å². The van der Waals surface area contributed by atoms with Gasteiger partial charge in [-0.25, -0.2) is 0 Å². The van der Waals surface area contributed by atoms with E-state index in [0.717, 1.165) is 22.7 Å². The molecule has 0 heterocycles. The number of nitrogens with zero attached hydrogens (tertiary/aromatic N) is 1. The number of aliphatic imine (C=N–C) groups is 1. The lowest BCUT2D eigenvalue weighted by Crippen LogP contribution is -1.90. The molecular weight excluding hydrogens is 266 g/mol. The standard InChI is InChI=1S/C18H14ClN/c19-17-9-5-14(6-10-17)13-20-18-11-7-16(8-12-18)15-3-1-2-4-15/h1-7,9-13H,8H2. The van der Waals surface area contributed by atoms with Crippen LogP contribution in [0.25, 0.3) is 0 Å². The van der Waals surface area contributed by atoms with E-state index in [2.05, 4.69) is 47.5 Å². The van der Waals surface area contributed by atoms with Gasteiger partial charge in [-0.3, -0.25) is 4.99 Å². The van der Waals surface area contributed by atoms with E-state index < -0.39 is 0 Å². The molecule has 1 aromatic rings. The van der Waals surface area contributed by atoms with Crippen molar-refractivity contribution >= 4 is 17.8 Å². The number of hydrogen-bond donors (Lipinski definition) is 0. The highest BCUT2D eigenvalue weighted by Crippen LogP contribution is 2.23. The number of hydrogen-bond acceptors (Lipinski definition) is 1. The monoisotopic (exact) mass is 279 g/mol. The zero-order valence-electron chi connectivity index (χ0n) is 11.0. The Bertz CT molecular complexity index is 669. The average molecular weight is 280 g/mol. The first-order valence-corrected chi connectivity index (χ1v) is 6.95. The van der Waals surface area contributed by atoms with E-state index in [0.29, 0.717) is 0 Å². The molecule has 2 heteroatoms. The molecule has 0 aromatic heterocycles. The van der Waals surface area contributed by atoms with Crippen molar-refractivity contribution in [1.82, 2.24) is 0 Å². The summed E-state index contributed by atoms with van der Waals surface area (Å²) in [4.78, 5) is 4.49. The molecule has 2 aliphatic rings. The van der Waals surface area contributed by atoms with Crippen molar-refractivity contribution in [2.45, 2.75) is 6.42 Å². The second-order valence-corrected chi connectivity index (χ2v) is 5.11. The summed E-state index contributed by atoms with van der Waals surface area (Å²) in [5, 5.41) is 0.743. The minimum absolute atomic E-state index is 0.743. The minimum atomic E-state index is 0.743. The molecule has 0 unspecified atom stereocenters. The van der Waals surface area contributed by atoms with Gasteiger partial charge >= 0.3 is 0 Å². The van der Waals surface area contributed by atoms with Crippen molar-refractivity contribution in [3.63, 3.8) is 0 Å². The summed E-state index contributed by atoms with van der Waals surface area (Å²) in [7, 11) is 0. The molecule has 0 spiro atoms. The van der Waals surface area contributed by atoms with Gasteiger partial charge < -0.3 is 0 Å². The number of allylic oxidation sites excluding steroid dienone is 9. The molecule has 20 heavy (non-hydrogen) atoms. The van der Waals surface area contributed by atoms with E-state index in [4.69, 9.17) is 11.6 Å². The van der Waals surface area contributed by atoms with Gasteiger partial charge in [0.2, 0.25) is 0 Å². The Morgan fingerprint density at radius 1 is 0.950 bits per heavy atom. The third kappa shape index (κ3) is 3.06. The lowest BCUT2D eigenvalue weighted by atomic mass is 10.0. The Balaban J connectivity index is 1.70. The first-order chi connectivity index (χ1) is 9.81. The lowest BCUT2D eigenvalue weighted by Gasteiger charge is -2.07. The van der Waals surface area contributed by atoms with Gasteiger partial charge in [-0.15, -0.1) is 0 Å². The first kappa shape index (κ1) is 12.9. The van der Waals surface area contributed by atoms with Crippen LogP contribution in [0.2, 0.25) is 5.02 Å². The summed E-state index contributed by atoms with van der Waals surface area (Å²) < 4.78 is 0. The van der Waals surface area contributed by atoms with Gasteiger partial charge in [0, 0.05) is 11.2 Å². The molecule has 98 valence electrons. The highest BCUT2D eigenvalue weighted by atomic mass is 35.5. The molecule has 0 amide bonds. The van der Waals surface area contributed by atoms with Crippen LogP contribution in [0.4, 0.5) is 0 Å². The number of rotatable bonds is 2. The summed E-state index contributed by atoms with van der Waals surface area (Å²) in [6, 6.07) is 7.66. The molecule has 0 bridgehead atoms. The molecule has 0 atom stereocenters. The van der Waals surface area contributed by atoms with Crippen LogP contribution in [0.1, 0.15) is 12.0 Å². The van der Waals surface area contributed by atoms with Crippen molar-refractivity contribution in [1.29, 1.82) is 0 Å². The van der Waals surface area contributed by atoms with Crippen LogP contribution in [-0.4, -0.2) is 6.21 Å². The maximum absolute atomic E-state index is 5.86. The molecule has 1 nitrogen and oxygen atoms in total. The van der Waals surface area contributed by atoms with Crippen LogP contribution >= 0.6 is 11.6 Å². The van der Waals surface area contributed by atoms with Crippen molar-refractivity contribution in [3.05, 3.63) is 94.2 Å². The molecule has 0 fully saturated rings. The second-order valence-electron chi connectivity index (χ2n) is 4.68. The fourth-order valence-electron chi connectivity index (χ4n) is 2.13. The number of halogens is 1. The lowest BCUT2D eigenvalue weighted by molar-refractivity contribution is 1.18. The van der Waals surface area contributed by atoms with Crippen molar-refractivity contribution in [2.24, 2.45) is 4.99 Å². The van der Waals surface area contributed by atoms with Crippen molar-refractivity contribution in [2.75, 3.05) is 0 Å². The zero-order chi connectivity index (χ0) is 13.8. The molecular formula is C18H14ClN. The minimum Gasteiger partial charge on any atom is -0.257 e. The van der Waals surface area contributed by atoms with Gasteiger partial charge in [0.25, 0.3) is 0 Å². The molecule has 0 radical (unpaired) electrons. The third-order valence-corrected chi connectivity index (χ3v) is 3.50. The van der Waals surface area contributed by atoms with Crippen molar-refractivity contribution < 1.29 is 0 Å². The SMILES string of the molecule is Clc1ccc(C=NC2=CCC(=C3C=CC=C3)C=C2)cc1. The topological polar surface area (TPSA) is 12.4 Å².